The summed E-state index contributed by atoms with van der Waals surface area (Å²) >= 11 is 1.69. The van der Waals surface area contributed by atoms with E-state index in [1.165, 1.54) is 0 Å². The van der Waals surface area contributed by atoms with Crippen LogP contribution in [0.3, 0.4) is 0 Å². The molecule has 0 radical (unpaired) electrons. The van der Waals surface area contributed by atoms with Gasteiger partial charge in [0.05, 0.1) is 12.6 Å². The largest absolute Gasteiger partial charge is 0.352 e. The fraction of sp³-hybridized carbons (Fsp3) is 0.778. The second kappa shape index (κ2) is 6.32. The van der Waals surface area contributed by atoms with Gasteiger partial charge in [-0.25, -0.2) is 0 Å². The number of carbonyl (C=O) groups is 2. The van der Waals surface area contributed by atoms with E-state index < -0.39 is 0 Å². The van der Waals surface area contributed by atoms with Gasteiger partial charge in [0.15, 0.2) is 0 Å². The summed E-state index contributed by atoms with van der Waals surface area (Å²) in [7, 11) is 0. The highest BCUT2D eigenvalue weighted by Gasteiger charge is 2.25. The fourth-order valence-corrected chi connectivity index (χ4v) is 2.30. The normalized spacial score (nSPS) is 23.4. The van der Waals surface area contributed by atoms with Crippen molar-refractivity contribution in [2.45, 2.75) is 24.9 Å². The maximum absolute atomic E-state index is 11.5. The Kier molecular flexibility index (Phi) is 5.37. The first-order chi connectivity index (χ1) is 7.25. The molecule has 92 valence electrons. The number of thioether (sulfide) groups is 1. The predicted molar refractivity (Wildman–Crippen MR) is 65.7 cm³/mol. The van der Waals surface area contributed by atoms with Crippen molar-refractivity contribution in [2.75, 3.05) is 18.2 Å². The van der Waals surface area contributed by atoms with Crippen LogP contribution in [0, 0.1) is 0 Å². The third kappa shape index (κ3) is 4.19. The second-order valence-corrected chi connectivity index (χ2v) is 4.86. The van der Waals surface area contributed by atoms with Crippen molar-refractivity contribution in [3.8, 4) is 0 Å². The van der Waals surface area contributed by atoms with Crippen molar-refractivity contribution in [3.63, 3.8) is 0 Å². The minimum absolute atomic E-state index is 0. The summed E-state index contributed by atoms with van der Waals surface area (Å²) in [6.45, 7) is 0.0954. The number of halogens is 1. The van der Waals surface area contributed by atoms with Crippen molar-refractivity contribution < 1.29 is 9.59 Å². The standard InChI is InChI=1S/C9H15N3O2S.ClH/c13-8(12-6-1-2-6)3-10-9(14)7-4-15-5-11-7;/h6-7,11H,1-5H2,(H,10,14)(H,12,13);1H/t7-;/m1./s1. The van der Waals surface area contributed by atoms with Gasteiger partial charge >= 0.3 is 0 Å². The highest BCUT2D eigenvalue weighted by molar-refractivity contribution is 7.99. The number of nitrogens with one attached hydrogen (secondary N) is 3. The van der Waals surface area contributed by atoms with Gasteiger partial charge in [-0.1, -0.05) is 0 Å². The van der Waals surface area contributed by atoms with Crippen LogP contribution < -0.4 is 16.0 Å². The molecule has 0 bridgehead atoms. The molecule has 1 aliphatic heterocycles. The number of carbonyl (C=O) groups excluding carboxylic acids is 2. The topological polar surface area (TPSA) is 70.2 Å². The van der Waals surface area contributed by atoms with Gasteiger partial charge in [0.25, 0.3) is 0 Å². The first-order valence-corrected chi connectivity index (χ1v) is 6.29. The Balaban J connectivity index is 0.00000128. The molecule has 0 unspecified atom stereocenters. The smallest absolute Gasteiger partial charge is 0.239 e. The maximum atomic E-state index is 11.5. The molecular weight excluding hydrogens is 250 g/mol. The molecule has 0 aromatic heterocycles. The molecule has 0 aromatic rings. The molecule has 2 rings (SSSR count). The van der Waals surface area contributed by atoms with E-state index in [1.54, 1.807) is 11.8 Å². The van der Waals surface area contributed by atoms with Gasteiger partial charge in [-0.2, -0.15) is 0 Å². The lowest BCUT2D eigenvalue weighted by Crippen LogP contribution is -2.46. The monoisotopic (exact) mass is 265 g/mol. The molecular formula is C9H16ClN3O2S. The maximum Gasteiger partial charge on any atom is 0.239 e. The molecule has 3 N–H and O–H groups in total. The molecule has 1 saturated heterocycles. The number of rotatable bonds is 4. The van der Waals surface area contributed by atoms with Crippen molar-refractivity contribution in [1.82, 2.24) is 16.0 Å². The van der Waals surface area contributed by atoms with E-state index in [2.05, 4.69) is 16.0 Å². The molecule has 1 heterocycles. The van der Waals surface area contributed by atoms with E-state index in [1.807, 2.05) is 0 Å². The minimum Gasteiger partial charge on any atom is -0.352 e. The van der Waals surface area contributed by atoms with Crippen LogP contribution in [0.2, 0.25) is 0 Å². The molecule has 1 atom stereocenters. The Labute approximate surface area is 105 Å². The summed E-state index contributed by atoms with van der Waals surface area (Å²) in [6.07, 6.45) is 2.14. The highest BCUT2D eigenvalue weighted by atomic mass is 35.5. The summed E-state index contributed by atoms with van der Waals surface area (Å²) in [5, 5.41) is 8.50. The van der Waals surface area contributed by atoms with E-state index >= 15 is 0 Å². The Morgan fingerprint density at radius 1 is 1.38 bits per heavy atom. The lowest BCUT2D eigenvalue weighted by atomic mass is 10.3. The fourth-order valence-electron chi connectivity index (χ4n) is 1.36. The zero-order valence-electron chi connectivity index (χ0n) is 8.82. The van der Waals surface area contributed by atoms with Gasteiger partial charge in [0.1, 0.15) is 0 Å². The molecule has 1 saturated carbocycles. The molecule has 2 amide bonds. The summed E-state index contributed by atoms with van der Waals surface area (Å²) in [5.74, 6) is 1.44. The first-order valence-electron chi connectivity index (χ1n) is 5.14. The van der Waals surface area contributed by atoms with Crippen LogP contribution in [-0.4, -0.2) is 42.1 Å². The third-order valence-corrected chi connectivity index (χ3v) is 3.34. The highest BCUT2D eigenvalue weighted by Crippen LogP contribution is 2.18. The van der Waals surface area contributed by atoms with Gasteiger partial charge in [0.2, 0.25) is 11.8 Å². The first kappa shape index (κ1) is 13.6. The Hall–Kier alpha value is -0.460. The number of amides is 2. The van der Waals surface area contributed by atoms with E-state index in [0.717, 1.165) is 24.5 Å². The second-order valence-electron chi connectivity index (χ2n) is 3.83. The quantitative estimate of drug-likeness (QED) is 0.639. The van der Waals surface area contributed by atoms with Crippen molar-refractivity contribution >= 4 is 36.0 Å². The van der Waals surface area contributed by atoms with Crippen LogP contribution in [0.25, 0.3) is 0 Å². The molecule has 2 fully saturated rings. The van der Waals surface area contributed by atoms with Gasteiger partial charge in [0, 0.05) is 17.7 Å². The SMILES string of the molecule is Cl.O=C(CNC(=O)[C@H]1CSCN1)NC1CC1. The van der Waals surface area contributed by atoms with Gasteiger partial charge < -0.3 is 10.6 Å². The lowest BCUT2D eigenvalue weighted by Gasteiger charge is -2.10. The third-order valence-electron chi connectivity index (χ3n) is 2.40. The van der Waals surface area contributed by atoms with E-state index in [4.69, 9.17) is 0 Å². The van der Waals surface area contributed by atoms with Crippen LogP contribution in [0.1, 0.15) is 12.8 Å². The molecule has 5 nitrogen and oxygen atoms in total. The summed E-state index contributed by atoms with van der Waals surface area (Å²) in [5.41, 5.74) is 0. The van der Waals surface area contributed by atoms with Crippen molar-refractivity contribution in [3.05, 3.63) is 0 Å². The minimum atomic E-state index is -0.135. The summed E-state index contributed by atoms with van der Waals surface area (Å²) in [4.78, 5) is 22.7. The van der Waals surface area contributed by atoms with Gasteiger partial charge in [-0.05, 0) is 12.8 Å². The van der Waals surface area contributed by atoms with Crippen molar-refractivity contribution in [2.24, 2.45) is 0 Å². The molecule has 2 aliphatic rings. The summed E-state index contributed by atoms with van der Waals surface area (Å²) in [6, 6.07) is 0.221. The lowest BCUT2D eigenvalue weighted by molar-refractivity contribution is -0.126. The Bertz CT molecular complexity index is 267. The van der Waals surface area contributed by atoms with E-state index in [-0.39, 0.29) is 36.8 Å². The number of hydrogen-bond acceptors (Lipinski definition) is 4. The summed E-state index contributed by atoms with van der Waals surface area (Å²) < 4.78 is 0. The Morgan fingerprint density at radius 3 is 2.69 bits per heavy atom. The van der Waals surface area contributed by atoms with Crippen molar-refractivity contribution in [1.29, 1.82) is 0 Å². The van der Waals surface area contributed by atoms with E-state index in [9.17, 15) is 9.59 Å². The number of hydrogen-bond donors (Lipinski definition) is 3. The van der Waals surface area contributed by atoms with Crippen LogP contribution in [0.4, 0.5) is 0 Å². The van der Waals surface area contributed by atoms with Gasteiger partial charge in [-0.3, -0.25) is 14.9 Å². The van der Waals surface area contributed by atoms with Gasteiger partial charge in [-0.15, -0.1) is 24.2 Å². The van der Waals surface area contributed by atoms with Crippen LogP contribution in [0.5, 0.6) is 0 Å². The molecule has 1 aliphatic carbocycles. The van der Waals surface area contributed by atoms with E-state index in [0.29, 0.717) is 6.04 Å². The average Bonchev–Trinajstić information content (AvgIpc) is 2.86. The molecule has 0 spiro atoms. The van der Waals surface area contributed by atoms with Crippen LogP contribution in [0.15, 0.2) is 0 Å². The zero-order chi connectivity index (χ0) is 10.7. The Morgan fingerprint density at radius 2 is 2.12 bits per heavy atom. The van der Waals surface area contributed by atoms with Crippen LogP contribution >= 0.6 is 24.2 Å². The molecule has 7 heteroatoms. The molecule has 16 heavy (non-hydrogen) atoms. The van der Waals surface area contributed by atoms with Crippen LogP contribution in [-0.2, 0) is 9.59 Å². The predicted octanol–water partition coefficient (Wildman–Crippen LogP) is -0.534. The molecule has 0 aromatic carbocycles. The average molecular weight is 266 g/mol. The zero-order valence-corrected chi connectivity index (χ0v) is 10.5.